The third-order valence-electron chi connectivity index (χ3n) is 4.00. The summed E-state index contributed by atoms with van der Waals surface area (Å²) in [7, 11) is 0. The highest BCUT2D eigenvalue weighted by Crippen LogP contribution is 2.40. The van der Waals surface area contributed by atoms with E-state index in [1.807, 2.05) is 0 Å². The van der Waals surface area contributed by atoms with Crippen molar-refractivity contribution in [3.8, 4) is 0 Å². The van der Waals surface area contributed by atoms with E-state index in [0.29, 0.717) is 18.4 Å². The Hall–Kier alpha value is -1.52. The second-order valence-corrected chi connectivity index (χ2v) is 5.68. The number of hydrogen-bond donors (Lipinski definition) is 1. The van der Waals surface area contributed by atoms with Crippen molar-refractivity contribution < 1.29 is 24.2 Å². The Morgan fingerprint density at radius 1 is 1.14 bits per heavy atom. The van der Waals surface area contributed by atoms with Crippen molar-refractivity contribution in [2.45, 2.75) is 77.7 Å². The fourth-order valence-electron chi connectivity index (χ4n) is 2.80. The van der Waals surface area contributed by atoms with Gasteiger partial charge in [0.2, 0.25) is 11.4 Å². The zero-order chi connectivity index (χ0) is 16.6. The van der Waals surface area contributed by atoms with Gasteiger partial charge in [0, 0.05) is 12.0 Å². The number of aliphatic hydroxyl groups excluding tert-OH is 1. The Morgan fingerprint density at radius 2 is 1.77 bits per heavy atom. The second kappa shape index (κ2) is 8.81. The molecule has 1 heterocycles. The SMILES string of the molecule is CCCCCC1=C(O)C(=O)OC1(CCCCC)C(=O)OCC. The third kappa shape index (κ3) is 4.02. The van der Waals surface area contributed by atoms with Gasteiger partial charge in [-0.2, -0.15) is 0 Å². The van der Waals surface area contributed by atoms with E-state index >= 15 is 0 Å². The van der Waals surface area contributed by atoms with E-state index in [0.717, 1.165) is 38.5 Å². The molecular weight excluding hydrogens is 284 g/mol. The Morgan fingerprint density at radius 3 is 2.36 bits per heavy atom. The lowest BCUT2D eigenvalue weighted by atomic mass is 9.85. The summed E-state index contributed by atoms with van der Waals surface area (Å²) in [4.78, 5) is 24.3. The number of rotatable bonds is 10. The Balaban J connectivity index is 3.04. The zero-order valence-corrected chi connectivity index (χ0v) is 13.9. The lowest BCUT2D eigenvalue weighted by molar-refractivity contribution is -0.173. The molecule has 22 heavy (non-hydrogen) atoms. The van der Waals surface area contributed by atoms with Crippen molar-refractivity contribution in [2.24, 2.45) is 0 Å². The summed E-state index contributed by atoms with van der Waals surface area (Å²) >= 11 is 0. The van der Waals surface area contributed by atoms with E-state index in [-0.39, 0.29) is 6.61 Å². The van der Waals surface area contributed by atoms with Crippen LogP contribution in [0.1, 0.15) is 72.1 Å². The molecule has 1 unspecified atom stereocenters. The monoisotopic (exact) mass is 312 g/mol. The molecule has 0 amide bonds. The van der Waals surface area contributed by atoms with E-state index in [9.17, 15) is 14.7 Å². The summed E-state index contributed by atoms with van der Waals surface area (Å²) in [5.74, 6) is -1.77. The maximum atomic E-state index is 12.5. The number of aliphatic hydroxyl groups is 1. The summed E-state index contributed by atoms with van der Waals surface area (Å²) < 4.78 is 10.5. The number of carbonyl (C=O) groups excluding carboxylic acids is 2. The summed E-state index contributed by atoms with van der Waals surface area (Å²) in [6, 6.07) is 0. The minimum atomic E-state index is -1.42. The summed E-state index contributed by atoms with van der Waals surface area (Å²) in [6.07, 6.45) is 6.32. The average Bonchev–Trinajstić information content (AvgIpc) is 2.73. The van der Waals surface area contributed by atoms with E-state index in [1.165, 1.54) is 0 Å². The van der Waals surface area contributed by atoms with Gasteiger partial charge in [-0.25, -0.2) is 9.59 Å². The number of cyclic esters (lactones) is 1. The van der Waals surface area contributed by atoms with Gasteiger partial charge in [-0.1, -0.05) is 39.5 Å². The quantitative estimate of drug-likeness (QED) is 0.490. The molecule has 5 heteroatoms. The largest absolute Gasteiger partial charge is 0.502 e. The molecule has 0 aromatic carbocycles. The highest BCUT2D eigenvalue weighted by atomic mass is 16.6. The van der Waals surface area contributed by atoms with Crippen molar-refractivity contribution in [1.29, 1.82) is 0 Å². The molecule has 0 aromatic heterocycles. The van der Waals surface area contributed by atoms with Gasteiger partial charge in [0.25, 0.3) is 0 Å². The van der Waals surface area contributed by atoms with E-state index in [2.05, 4.69) is 13.8 Å². The molecule has 0 spiro atoms. The Labute approximate surface area is 132 Å². The molecule has 0 bridgehead atoms. The maximum absolute atomic E-state index is 12.5. The van der Waals surface area contributed by atoms with Crippen LogP contribution >= 0.6 is 0 Å². The minimum Gasteiger partial charge on any atom is -0.502 e. The van der Waals surface area contributed by atoms with Crippen LogP contribution in [0.25, 0.3) is 0 Å². The Kier molecular flexibility index (Phi) is 7.42. The van der Waals surface area contributed by atoms with Gasteiger partial charge in [0.05, 0.1) is 6.61 Å². The number of hydrogen-bond acceptors (Lipinski definition) is 5. The number of esters is 2. The fourth-order valence-corrected chi connectivity index (χ4v) is 2.80. The van der Waals surface area contributed by atoms with Gasteiger partial charge in [0.15, 0.2) is 0 Å². The smallest absolute Gasteiger partial charge is 0.374 e. The second-order valence-electron chi connectivity index (χ2n) is 5.68. The van der Waals surface area contributed by atoms with Crippen LogP contribution < -0.4 is 0 Å². The summed E-state index contributed by atoms with van der Waals surface area (Å²) in [5.41, 5.74) is -1.01. The zero-order valence-electron chi connectivity index (χ0n) is 13.9. The van der Waals surface area contributed by atoms with Crippen LogP contribution in [0.15, 0.2) is 11.3 Å². The molecule has 1 aliphatic heterocycles. The molecule has 0 aliphatic carbocycles. The van der Waals surface area contributed by atoms with Crippen molar-refractivity contribution in [3.05, 3.63) is 11.3 Å². The molecule has 1 rings (SSSR count). The van der Waals surface area contributed by atoms with E-state index < -0.39 is 23.3 Å². The molecule has 0 saturated heterocycles. The predicted octanol–water partition coefficient (Wildman–Crippen LogP) is 3.82. The summed E-state index contributed by atoms with van der Waals surface area (Å²) in [6.45, 7) is 6.07. The molecule has 1 aliphatic rings. The van der Waals surface area contributed by atoms with Gasteiger partial charge < -0.3 is 14.6 Å². The topological polar surface area (TPSA) is 72.8 Å². The molecule has 126 valence electrons. The van der Waals surface area contributed by atoms with Crippen LogP contribution in [-0.2, 0) is 19.1 Å². The first-order valence-electron chi connectivity index (χ1n) is 8.36. The molecular formula is C17H28O5. The molecule has 5 nitrogen and oxygen atoms in total. The standard InChI is InChI=1S/C17H28O5/c1-4-7-9-11-13-14(18)15(19)22-17(13,12-10-8-5-2)16(20)21-6-3/h18H,4-12H2,1-3H3. The van der Waals surface area contributed by atoms with Crippen molar-refractivity contribution in [1.82, 2.24) is 0 Å². The van der Waals surface area contributed by atoms with Crippen LogP contribution in [0.2, 0.25) is 0 Å². The van der Waals surface area contributed by atoms with Crippen LogP contribution in [0.3, 0.4) is 0 Å². The molecule has 1 atom stereocenters. The molecule has 0 saturated carbocycles. The molecule has 0 radical (unpaired) electrons. The Bertz CT molecular complexity index is 427. The number of carbonyl (C=O) groups is 2. The maximum Gasteiger partial charge on any atom is 0.374 e. The number of ether oxygens (including phenoxy) is 2. The third-order valence-corrected chi connectivity index (χ3v) is 4.00. The van der Waals surface area contributed by atoms with Crippen molar-refractivity contribution >= 4 is 11.9 Å². The highest BCUT2D eigenvalue weighted by molar-refractivity contribution is 5.98. The normalized spacial score (nSPS) is 21.1. The predicted molar refractivity (Wildman–Crippen MR) is 83.4 cm³/mol. The van der Waals surface area contributed by atoms with Crippen LogP contribution in [-0.4, -0.2) is 29.3 Å². The first-order valence-corrected chi connectivity index (χ1v) is 8.36. The molecule has 1 N–H and O–H groups in total. The minimum absolute atomic E-state index is 0.217. The summed E-state index contributed by atoms with van der Waals surface area (Å²) in [5, 5.41) is 10.1. The van der Waals surface area contributed by atoms with Crippen molar-refractivity contribution in [3.63, 3.8) is 0 Å². The molecule has 0 aromatic rings. The van der Waals surface area contributed by atoms with E-state index in [1.54, 1.807) is 6.92 Å². The lowest BCUT2D eigenvalue weighted by Crippen LogP contribution is -2.43. The average molecular weight is 312 g/mol. The van der Waals surface area contributed by atoms with Gasteiger partial charge in [-0.15, -0.1) is 0 Å². The highest BCUT2D eigenvalue weighted by Gasteiger charge is 2.54. The fraction of sp³-hybridized carbons (Fsp3) is 0.765. The van der Waals surface area contributed by atoms with Gasteiger partial charge in [-0.3, -0.25) is 0 Å². The van der Waals surface area contributed by atoms with E-state index in [4.69, 9.17) is 9.47 Å². The molecule has 0 fully saturated rings. The first-order chi connectivity index (χ1) is 10.5. The van der Waals surface area contributed by atoms with Gasteiger partial charge in [0.1, 0.15) is 0 Å². The number of unbranched alkanes of at least 4 members (excludes halogenated alkanes) is 4. The van der Waals surface area contributed by atoms with Crippen LogP contribution in [0, 0.1) is 0 Å². The lowest BCUT2D eigenvalue weighted by Gasteiger charge is -2.28. The van der Waals surface area contributed by atoms with Crippen molar-refractivity contribution in [2.75, 3.05) is 6.61 Å². The van der Waals surface area contributed by atoms with Crippen LogP contribution in [0.5, 0.6) is 0 Å². The first kappa shape index (κ1) is 18.5. The van der Waals surface area contributed by atoms with Gasteiger partial charge in [-0.05, 0) is 26.2 Å². The van der Waals surface area contributed by atoms with Gasteiger partial charge >= 0.3 is 11.9 Å². The van der Waals surface area contributed by atoms with Crippen LogP contribution in [0.4, 0.5) is 0 Å².